The summed E-state index contributed by atoms with van der Waals surface area (Å²) in [5.74, 6) is -0.811. The van der Waals surface area contributed by atoms with Crippen LogP contribution < -0.4 is 10.6 Å². The van der Waals surface area contributed by atoms with Gasteiger partial charge < -0.3 is 15.4 Å². The van der Waals surface area contributed by atoms with Crippen molar-refractivity contribution in [3.63, 3.8) is 0 Å². The Balaban J connectivity index is 1.54. The van der Waals surface area contributed by atoms with Gasteiger partial charge in [-0.15, -0.1) is 11.8 Å². The molecule has 0 aromatic heterocycles. The van der Waals surface area contributed by atoms with Gasteiger partial charge in [-0.05, 0) is 42.8 Å². The number of fused-ring (bicyclic) bond motifs is 1. The maximum Gasteiger partial charge on any atom is 0.338 e. The van der Waals surface area contributed by atoms with Gasteiger partial charge in [0.1, 0.15) is 0 Å². The Labute approximate surface area is 168 Å². The molecular formula is C21H22N2O4S. The van der Waals surface area contributed by atoms with Crippen molar-refractivity contribution in [3.05, 3.63) is 54.1 Å². The topological polar surface area (TPSA) is 84.5 Å². The molecule has 6 nitrogen and oxygen atoms in total. The molecule has 0 saturated carbocycles. The molecule has 28 heavy (non-hydrogen) atoms. The van der Waals surface area contributed by atoms with Crippen molar-refractivity contribution in [2.45, 2.75) is 36.3 Å². The molecule has 0 aliphatic carbocycles. The number of anilines is 2. The SMILES string of the molecule is CCCCOC(=O)c1ccc(NC(=O)C[C@@H]2Sc3ccccc3NC2=O)cc1. The van der Waals surface area contributed by atoms with Gasteiger partial charge in [0.2, 0.25) is 11.8 Å². The zero-order valence-corrected chi connectivity index (χ0v) is 16.4. The van der Waals surface area contributed by atoms with Crippen molar-refractivity contribution in [1.29, 1.82) is 0 Å². The lowest BCUT2D eigenvalue weighted by molar-refractivity contribution is -0.120. The molecule has 0 fully saturated rings. The molecule has 2 aromatic rings. The van der Waals surface area contributed by atoms with E-state index in [4.69, 9.17) is 4.74 Å². The summed E-state index contributed by atoms with van der Waals surface area (Å²) in [6.45, 7) is 2.43. The highest BCUT2D eigenvalue weighted by molar-refractivity contribution is 8.01. The average Bonchev–Trinajstić information content (AvgIpc) is 2.69. The normalized spacial score (nSPS) is 15.3. The second-order valence-electron chi connectivity index (χ2n) is 6.41. The first kappa shape index (κ1) is 19.9. The minimum atomic E-state index is -0.484. The number of esters is 1. The average molecular weight is 398 g/mol. The summed E-state index contributed by atoms with van der Waals surface area (Å²) < 4.78 is 5.16. The highest BCUT2D eigenvalue weighted by Gasteiger charge is 2.28. The van der Waals surface area contributed by atoms with Crippen LogP contribution in [0.4, 0.5) is 11.4 Å². The van der Waals surface area contributed by atoms with Gasteiger partial charge >= 0.3 is 5.97 Å². The molecule has 7 heteroatoms. The Bertz CT molecular complexity index is 867. The fraction of sp³-hybridized carbons (Fsp3) is 0.286. The molecule has 1 atom stereocenters. The Hall–Kier alpha value is -2.80. The van der Waals surface area contributed by atoms with Gasteiger partial charge in [-0.1, -0.05) is 25.5 Å². The first-order valence-corrected chi connectivity index (χ1v) is 10.1. The minimum Gasteiger partial charge on any atom is -0.462 e. The van der Waals surface area contributed by atoms with Gasteiger partial charge in [0.25, 0.3) is 0 Å². The smallest absolute Gasteiger partial charge is 0.338 e. The summed E-state index contributed by atoms with van der Waals surface area (Å²) in [6, 6.07) is 14.0. The van der Waals surface area contributed by atoms with E-state index in [0.29, 0.717) is 17.9 Å². The third-order valence-corrected chi connectivity index (χ3v) is 5.49. The van der Waals surface area contributed by atoms with Gasteiger partial charge in [-0.3, -0.25) is 9.59 Å². The van der Waals surface area contributed by atoms with Gasteiger partial charge in [0.05, 0.1) is 23.1 Å². The van der Waals surface area contributed by atoms with Crippen LogP contribution in [-0.2, 0) is 14.3 Å². The predicted octanol–water partition coefficient (Wildman–Crippen LogP) is 4.09. The molecule has 2 N–H and O–H groups in total. The second-order valence-corrected chi connectivity index (χ2v) is 7.66. The molecule has 0 unspecified atom stereocenters. The first-order chi connectivity index (χ1) is 13.6. The molecule has 3 rings (SSSR count). The molecule has 1 heterocycles. The van der Waals surface area contributed by atoms with Crippen molar-refractivity contribution in [2.75, 3.05) is 17.2 Å². The quantitative estimate of drug-likeness (QED) is 0.542. The maximum absolute atomic E-state index is 12.3. The third kappa shape index (κ3) is 5.13. The van der Waals surface area contributed by atoms with E-state index in [9.17, 15) is 14.4 Å². The van der Waals surface area contributed by atoms with Crippen molar-refractivity contribution in [2.24, 2.45) is 0 Å². The second kappa shape index (κ2) is 9.41. The highest BCUT2D eigenvalue weighted by Crippen LogP contribution is 2.36. The Morgan fingerprint density at radius 1 is 1.14 bits per heavy atom. The summed E-state index contributed by atoms with van der Waals surface area (Å²) in [5, 5.41) is 5.11. The van der Waals surface area contributed by atoms with Crippen LogP contribution in [0.3, 0.4) is 0 Å². The number of ether oxygens (including phenoxy) is 1. The fourth-order valence-electron chi connectivity index (χ4n) is 2.69. The fourth-order valence-corrected chi connectivity index (χ4v) is 3.80. The number of benzene rings is 2. The standard InChI is InChI=1S/C21H22N2O4S/c1-2-3-12-27-21(26)14-8-10-15(11-9-14)22-19(24)13-18-20(25)23-16-6-4-5-7-17(16)28-18/h4-11,18H,2-3,12-13H2,1H3,(H,22,24)(H,23,25)/t18-/m0/s1. The number of hydrogen-bond donors (Lipinski definition) is 2. The van der Waals surface area contributed by atoms with Crippen molar-refractivity contribution < 1.29 is 19.1 Å². The molecule has 0 radical (unpaired) electrons. The van der Waals surface area contributed by atoms with Crippen LogP contribution in [0.15, 0.2) is 53.4 Å². The Morgan fingerprint density at radius 2 is 1.89 bits per heavy atom. The number of para-hydroxylation sites is 1. The van der Waals surface area contributed by atoms with Gasteiger partial charge in [0, 0.05) is 17.0 Å². The van der Waals surface area contributed by atoms with Gasteiger partial charge in [0.15, 0.2) is 0 Å². The van der Waals surface area contributed by atoms with Crippen molar-refractivity contribution in [3.8, 4) is 0 Å². The number of unbranched alkanes of at least 4 members (excludes halogenated alkanes) is 1. The third-order valence-electron chi connectivity index (χ3n) is 4.21. The van der Waals surface area contributed by atoms with Crippen LogP contribution in [0, 0.1) is 0 Å². The van der Waals surface area contributed by atoms with E-state index in [0.717, 1.165) is 23.4 Å². The number of amides is 2. The summed E-state index contributed by atoms with van der Waals surface area (Å²) in [6.07, 6.45) is 1.85. The first-order valence-electron chi connectivity index (χ1n) is 9.20. The van der Waals surface area contributed by atoms with E-state index in [2.05, 4.69) is 10.6 Å². The van der Waals surface area contributed by atoms with Crippen LogP contribution in [0.5, 0.6) is 0 Å². The van der Waals surface area contributed by atoms with Gasteiger partial charge in [-0.25, -0.2) is 4.79 Å². The molecule has 2 amide bonds. The number of carbonyl (C=O) groups excluding carboxylic acids is 3. The van der Waals surface area contributed by atoms with Crippen LogP contribution in [0.2, 0.25) is 0 Å². The Kier molecular flexibility index (Phi) is 6.71. The van der Waals surface area contributed by atoms with Crippen molar-refractivity contribution in [1.82, 2.24) is 0 Å². The lowest BCUT2D eigenvalue weighted by atomic mass is 10.2. The minimum absolute atomic E-state index is 0.0612. The molecule has 0 bridgehead atoms. The summed E-state index contributed by atoms with van der Waals surface area (Å²) in [7, 11) is 0. The van der Waals surface area contributed by atoms with E-state index in [1.54, 1.807) is 24.3 Å². The zero-order valence-electron chi connectivity index (χ0n) is 15.6. The highest BCUT2D eigenvalue weighted by atomic mass is 32.2. The van der Waals surface area contributed by atoms with E-state index in [1.165, 1.54) is 11.8 Å². The summed E-state index contributed by atoms with van der Waals surface area (Å²) in [4.78, 5) is 37.4. The number of nitrogens with one attached hydrogen (secondary N) is 2. The maximum atomic E-state index is 12.3. The largest absolute Gasteiger partial charge is 0.462 e. The Morgan fingerprint density at radius 3 is 2.64 bits per heavy atom. The molecule has 0 saturated heterocycles. The van der Waals surface area contributed by atoms with Crippen LogP contribution in [0.1, 0.15) is 36.5 Å². The summed E-state index contributed by atoms with van der Waals surface area (Å²) >= 11 is 1.39. The monoisotopic (exact) mass is 398 g/mol. The van der Waals surface area contributed by atoms with Crippen LogP contribution in [-0.4, -0.2) is 29.6 Å². The van der Waals surface area contributed by atoms with E-state index in [1.807, 2.05) is 31.2 Å². The number of thioether (sulfide) groups is 1. The molecule has 1 aliphatic rings. The van der Waals surface area contributed by atoms with Crippen LogP contribution in [0.25, 0.3) is 0 Å². The molecule has 1 aliphatic heterocycles. The molecule has 0 spiro atoms. The van der Waals surface area contributed by atoms with E-state index < -0.39 is 5.25 Å². The predicted molar refractivity (Wildman–Crippen MR) is 110 cm³/mol. The molecular weight excluding hydrogens is 376 g/mol. The number of rotatable bonds is 7. The van der Waals surface area contributed by atoms with E-state index >= 15 is 0 Å². The summed E-state index contributed by atoms with van der Waals surface area (Å²) in [5.41, 5.74) is 1.78. The zero-order chi connectivity index (χ0) is 19.9. The molecule has 146 valence electrons. The number of hydrogen-bond acceptors (Lipinski definition) is 5. The van der Waals surface area contributed by atoms with Gasteiger partial charge in [-0.2, -0.15) is 0 Å². The van der Waals surface area contributed by atoms with Crippen molar-refractivity contribution >= 4 is 40.9 Å². The molecule has 2 aromatic carbocycles. The lowest BCUT2D eigenvalue weighted by Gasteiger charge is -2.23. The van der Waals surface area contributed by atoms with Crippen LogP contribution >= 0.6 is 11.8 Å². The lowest BCUT2D eigenvalue weighted by Crippen LogP contribution is -2.32. The number of carbonyl (C=O) groups is 3. The van der Waals surface area contributed by atoms with E-state index in [-0.39, 0.29) is 24.2 Å².